The molecular formula is C15H28O3. The Balaban J connectivity index is 2.46. The molecule has 5 unspecified atom stereocenters. The molecule has 3 nitrogen and oxygen atoms in total. The van der Waals surface area contributed by atoms with Gasteiger partial charge in [-0.15, -0.1) is 0 Å². The maximum atomic E-state index is 10.4. The van der Waals surface area contributed by atoms with E-state index in [2.05, 4.69) is 19.9 Å². The quantitative estimate of drug-likeness (QED) is 0.543. The van der Waals surface area contributed by atoms with E-state index >= 15 is 0 Å². The lowest BCUT2D eigenvalue weighted by Crippen LogP contribution is -2.44. The van der Waals surface area contributed by atoms with E-state index in [1.54, 1.807) is 0 Å². The standard InChI is InChI=1S/C15H28O3/c1-10(2)7-6-8-13(16)11(3)12(4)15(5,17)14-9-18-14/h7,11-14,16-17H,6,8-9H2,1-5H3. The highest BCUT2D eigenvalue weighted by Gasteiger charge is 2.47. The SMILES string of the molecule is CC(C)=CCCC(O)C(C)C(C)C(C)(O)C1CO1. The number of epoxide rings is 1. The number of allylic oxidation sites excluding steroid dienone is 2. The zero-order chi connectivity index (χ0) is 13.9. The molecule has 0 aromatic heterocycles. The normalized spacial score (nSPS) is 26.9. The van der Waals surface area contributed by atoms with Crippen LogP contribution >= 0.6 is 0 Å². The molecule has 1 saturated heterocycles. The summed E-state index contributed by atoms with van der Waals surface area (Å²) >= 11 is 0. The van der Waals surface area contributed by atoms with E-state index in [0.717, 1.165) is 12.8 Å². The van der Waals surface area contributed by atoms with Gasteiger partial charge in [-0.2, -0.15) is 0 Å². The summed E-state index contributed by atoms with van der Waals surface area (Å²) in [5.74, 6) is 0.0847. The summed E-state index contributed by atoms with van der Waals surface area (Å²) in [6.45, 7) is 10.6. The van der Waals surface area contributed by atoms with Gasteiger partial charge in [-0.3, -0.25) is 0 Å². The van der Waals surface area contributed by atoms with Gasteiger partial charge in [0.05, 0.1) is 18.3 Å². The fourth-order valence-electron chi connectivity index (χ4n) is 2.35. The van der Waals surface area contributed by atoms with Gasteiger partial charge in [0.2, 0.25) is 0 Å². The summed E-state index contributed by atoms with van der Waals surface area (Å²) in [7, 11) is 0. The van der Waals surface area contributed by atoms with Gasteiger partial charge in [-0.25, -0.2) is 0 Å². The minimum Gasteiger partial charge on any atom is -0.393 e. The largest absolute Gasteiger partial charge is 0.393 e. The number of hydrogen-bond acceptors (Lipinski definition) is 3. The monoisotopic (exact) mass is 256 g/mol. The van der Waals surface area contributed by atoms with Crippen molar-refractivity contribution in [1.29, 1.82) is 0 Å². The minimum atomic E-state index is -0.836. The topological polar surface area (TPSA) is 53.0 Å². The van der Waals surface area contributed by atoms with Crippen LogP contribution in [0, 0.1) is 11.8 Å². The van der Waals surface area contributed by atoms with Gasteiger partial charge in [-0.05, 0) is 45.4 Å². The number of aliphatic hydroxyl groups is 2. The predicted octanol–water partition coefficient (Wildman–Crippen LogP) is 2.52. The van der Waals surface area contributed by atoms with Gasteiger partial charge in [0.15, 0.2) is 0 Å². The van der Waals surface area contributed by atoms with Gasteiger partial charge >= 0.3 is 0 Å². The molecule has 18 heavy (non-hydrogen) atoms. The second-order valence-corrected chi connectivity index (χ2v) is 6.12. The molecule has 0 spiro atoms. The van der Waals surface area contributed by atoms with Crippen LogP contribution in [-0.2, 0) is 4.74 Å². The number of hydrogen-bond donors (Lipinski definition) is 2. The van der Waals surface area contributed by atoms with Crippen LogP contribution in [0.5, 0.6) is 0 Å². The summed E-state index contributed by atoms with van der Waals surface area (Å²) in [5, 5.41) is 20.6. The third-order valence-electron chi connectivity index (χ3n) is 4.32. The lowest BCUT2D eigenvalue weighted by molar-refractivity contribution is -0.0628. The average molecular weight is 256 g/mol. The van der Waals surface area contributed by atoms with Crippen LogP contribution in [0.25, 0.3) is 0 Å². The molecule has 1 heterocycles. The van der Waals surface area contributed by atoms with Crippen molar-refractivity contribution >= 4 is 0 Å². The van der Waals surface area contributed by atoms with Crippen LogP contribution < -0.4 is 0 Å². The van der Waals surface area contributed by atoms with Crippen molar-refractivity contribution < 1.29 is 14.9 Å². The first kappa shape index (κ1) is 15.7. The first-order valence-electron chi connectivity index (χ1n) is 6.92. The van der Waals surface area contributed by atoms with E-state index in [-0.39, 0.29) is 24.0 Å². The zero-order valence-electron chi connectivity index (χ0n) is 12.3. The zero-order valence-corrected chi connectivity index (χ0v) is 12.3. The maximum Gasteiger partial charge on any atom is 0.110 e. The Morgan fingerprint density at radius 2 is 2.00 bits per heavy atom. The lowest BCUT2D eigenvalue weighted by atomic mass is 9.76. The Morgan fingerprint density at radius 1 is 1.44 bits per heavy atom. The van der Waals surface area contributed by atoms with Gasteiger partial charge in [0, 0.05) is 0 Å². The lowest BCUT2D eigenvalue weighted by Gasteiger charge is -2.35. The number of rotatable bonds is 7. The molecule has 3 heteroatoms. The first-order chi connectivity index (χ1) is 8.26. The van der Waals surface area contributed by atoms with Gasteiger partial charge in [-0.1, -0.05) is 25.5 Å². The summed E-state index contributed by atoms with van der Waals surface area (Å²) in [6, 6.07) is 0. The Labute approximate surface area is 111 Å². The van der Waals surface area contributed by atoms with E-state index in [0.29, 0.717) is 6.61 Å². The second-order valence-electron chi connectivity index (χ2n) is 6.12. The Morgan fingerprint density at radius 3 is 2.44 bits per heavy atom. The molecule has 0 amide bonds. The van der Waals surface area contributed by atoms with Crippen molar-refractivity contribution in [3.8, 4) is 0 Å². The molecule has 0 radical (unpaired) electrons. The minimum absolute atomic E-state index is 0.0201. The van der Waals surface area contributed by atoms with E-state index in [9.17, 15) is 10.2 Å². The molecule has 1 aliphatic rings. The van der Waals surface area contributed by atoms with Crippen LogP contribution in [0.15, 0.2) is 11.6 Å². The average Bonchev–Trinajstić information content (AvgIpc) is 3.10. The molecule has 1 aliphatic heterocycles. The van der Waals surface area contributed by atoms with Crippen molar-refractivity contribution in [2.45, 2.75) is 65.3 Å². The van der Waals surface area contributed by atoms with Crippen LogP contribution in [0.3, 0.4) is 0 Å². The summed E-state index contributed by atoms with van der Waals surface area (Å²) in [5.41, 5.74) is 0.443. The summed E-state index contributed by atoms with van der Waals surface area (Å²) in [6.07, 6.45) is 3.35. The van der Waals surface area contributed by atoms with Crippen molar-refractivity contribution in [2.75, 3.05) is 6.61 Å². The molecule has 1 rings (SSSR count). The fourth-order valence-corrected chi connectivity index (χ4v) is 2.35. The van der Waals surface area contributed by atoms with Crippen LogP contribution in [0.1, 0.15) is 47.5 Å². The molecule has 1 fully saturated rings. The van der Waals surface area contributed by atoms with E-state index < -0.39 is 5.60 Å². The smallest absolute Gasteiger partial charge is 0.110 e. The van der Waals surface area contributed by atoms with Gasteiger partial charge in [0.25, 0.3) is 0 Å². The third-order valence-corrected chi connectivity index (χ3v) is 4.32. The highest BCUT2D eigenvalue weighted by Crippen LogP contribution is 2.36. The van der Waals surface area contributed by atoms with E-state index in [1.807, 2.05) is 20.8 Å². The molecule has 106 valence electrons. The molecule has 0 bridgehead atoms. The van der Waals surface area contributed by atoms with Crippen molar-refractivity contribution in [1.82, 2.24) is 0 Å². The molecule has 0 saturated carbocycles. The van der Waals surface area contributed by atoms with Gasteiger partial charge < -0.3 is 14.9 Å². The van der Waals surface area contributed by atoms with Crippen LogP contribution in [0.2, 0.25) is 0 Å². The number of aliphatic hydroxyl groups excluding tert-OH is 1. The van der Waals surface area contributed by atoms with Crippen molar-refractivity contribution in [2.24, 2.45) is 11.8 Å². The molecule has 5 atom stereocenters. The summed E-state index contributed by atoms with van der Waals surface area (Å²) < 4.78 is 5.20. The fraction of sp³-hybridized carbons (Fsp3) is 0.867. The molecule has 2 N–H and O–H groups in total. The number of ether oxygens (including phenoxy) is 1. The first-order valence-corrected chi connectivity index (χ1v) is 6.92. The second kappa shape index (κ2) is 6.18. The van der Waals surface area contributed by atoms with Crippen LogP contribution in [-0.4, -0.2) is 34.6 Å². The van der Waals surface area contributed by atoms with E-state index in [4.69, 9.17) is 4.74 Å². The molecule has 0 aromatic carbocycles. The molecule has 0 aromatic rings. The van der Waals surface area contributed by atoms with Gasteiger partial charge in [0.1, 0.15) is 6.10 Å². The maximum absolute atomic E-state index is 10.4. The molecule has 0 aliphatic carbocycles. The summed E-state index contributed by atoms with van der Waals surface area (Å²) in [4.78, 5) is 0. The molecular weight excluding hydrogens is 228 g/mol. The Bertz CT molecular complexity index is 288. The Hall–Kier alpha value is -0.380. The predicted molar refractivity (Wildman–Crippen MR) is 73.4 cm³/mol. The van der Waals surface area contributed by atoms with Crippen LogP contribution in [0.4, 0.5) is 0 Å². The van der Waals surface area contributed by atoms with Crippen molar-refractivity contribution in [3.05, 3.63) is 11.6 Å². The third kappa shape index (κ3) is 4.08. The Kier molecular flexibility index (Phi) is 5.38. The van der Waals surface area contributed by atoms with Crippen molar-refractivity contribution in [3.63, 3.8) is 0 Å². The van der Waals surface area contributed by atoms with E-state index in [1.165, 1.54) is 5.57 Å². The highest BCUT2D eigenvalue weighted by molar-refractivity contribution is 4.97. The highest BCUT2D eigenvalue weighted by atomic mass is 16.6.